The normalized spacial score (nSPS) is 14.3. The quantitative estimate of drug-likeness (QED) is 0.439. The first kappa shape index (κ1) is 18.5. The molecule has 0 radical (unpaired) electrons. The van der Waals surface area contributed by atoms with Crippen molar-refractivity contribution in [2.75, 3.05) is 0 Å². The van der Waals surface area contributed by atoms with Crippen molar-refractivity contribution in [1.82, 2.24) is 0 Å². The van der Waals surface area contributed by atoms with E-state index >= 15 is 0 Å². The van der Waals surface area contributed by atoms with Crippen LogP contribution in [0.25, 0.3) is 0 Å². The van der Waals surface area contributed by atoms with E-state index in [1.807, 2.05) is 6.92 Å². The van der Waals surface area contributed by atoms with E-state index < -0.39 is 5.97 Å². The topological polar surface area (TPSA) is 37.3 Å². The molecule has 0 heterocycles. The Hall–Kier alpha value is -0.530. The molecular weight excluding hydrogens is 236 g/mol. The number of unbranched alkanes of at least 4 members (excludes halogenated alkanes) is 6. The Labute approximate surface area is 120 Å². The van der Waals surface area contributed by atoms with Gasteiger partial charge < -0.3 is 5.11 Å². The van der Waals surface area contributed by atoms with Crippen molar-refractivity contribution < 1.29 is 9.90 Å². The molecule has 0 bridgehead atoms. The van der Waals surface area contributed by atoms with Crippen LogP contribution < -0.4 is 0 Å². The molecule has 0 spiro atoms. The molecule has 2 heteroatoms. The minimum atomic E-state index is -0.659. The predicted octanol–water partition coefficient (Wildman–Crippen LogP) is 5.65. The summed E-state index contributed by atoms with van der Waals surface area (Å²) in [6, 6.07) is 0. The minimum absolute atomic E-state index is 0.329. The second kappa shape index (κ2) is 12.5. The molecule has 2 nitrogen and oxygen atoms in total. The highest BCUT2D eigenvalue weighted by Crippen LogP contribution is 2.16. The molecule has 0 aromatic rings. The van der Waals surface area contributed by atoms with Crippen molar-refractivity contribution in [3.05, 3.63) is 0 Å². The van der Waals surface area contributed by atoms with Gasteiger partial charge in [-0.3, -0.25) is 4.79 Å². The predicted molar refractivity (Wildman–Crippen MR) is 82.4 cm³/mol. The van der Waals surface area contributed by atoms with Gasteiger partial charge in [-0.25, -0.2) is 0 Å². The summed E-state index contributed by atoms with van der Waals surface area (Å²) in [4.78, 5) is 10.5. The van der Waals surface area contributed by atoms with Crippen molar-refractivity contribution in [1.29, 1.82) is 0 Å². The number of carboxylic acids is 1. The Morgan fingerprint density at radius 2 is 1.26 bits per heavy atom. The molecule has 1 N–H and O–H groups in total. The van der Waals surface area contributed by atoms with E-state index in [9.17, 15) is 4.79 Å². The van der Waals surface area contributed by atoms with E-state index in [0.717, 1.165) is 12.3 Å². The van der Waals surface area contributed by atoms with Crippen LogP contribution >= 0.6 is 0 Å². The summed E-state index contributed by atoms with van der Waals surface area (Å²) in [6.07, 6.45) is 13.4. The third-order valence-electron chi connectivity index (χ3n) is 4.11. The summed E-state index contributed by atoms with van der Waals surface area (Å²) < 4.78 is 0. The zero-order valence-corrected chi connectivity index (χ0v) is 13.3. The molecule has 0 fully saturated rings. The molecule has 0 rings (SSSR count). The molecule has 0 aromatic heterocycles. The van der Waals surface area contributed by atoms with Gasteiger partial charge in [-0.1, -0.05) is 85.0 Å². The molecular formula is C17H34O2. The zero-order chi connectivity index (χ0) is 14.5. The maximum Gasteiger partial charge on any atom is 0.303 e. The summed E-state index contributed by atoms with van der Waals surface area (Å²) in [6.45, 7) is 6.66. The van der Waals surface area contributed by atoms with Gasteiger partial charge in [0, 0.05) is 6.42 Å². The first-order chi connectivity index (χ1) is 9.06. The van der Waals surface area contributed by atoms with Crippen LogP contribution in [0.3, 0.4) is 0 Å². The maximum atomic E-state index is 10.5. The highest BCUT2D eigenvalue weighted by Gasteiger charge is 2.06. The van der Waals surface area contributed by atoms with Crippen LogP contribution in [0, 0.1) is 11.8 Å². The number of carboxylic acid groups (broad SMARTS) is 1. The van der Waals surface area contributed by atoms with E-state index in [1.165, 1.54) is 57.8 Å². The van der Waals surface area contributed by atoms with Crippen LogP contribution in [0.5, 0.6) is 0 Å². The molecule has 2 atom stereocenters. The van der Waals surface area contributed by atoms with Crippen molar-refractivity contribution in [3.8, 4) is 0 Å². The van der Waals surface area contributed by atoms with Gasteiger partial charge in [0.2, 0.25) is 0 Å². The van der Waals surface area contributed by atoms with Crippen molar-refractivity contribution in [3.63, 3.8) is 0 Å². The average Bonchev–Trinajstić information content (AvgIpc) is 2.35. The maximum absolute atomic E-state index is 10.5. The lowest BCUT2D eigenvalue weighted by molar-refractivity contribution is -0.138. The standard InChI is InChI=1S/C17H34O2/c1-4-15(2)12-10-8-6-5-7-9-11-13-16(3)14-17(18)19/h15-16H,4-14H2,1-3H3,(H,18,19). The average molecular weight is 270 g/mol. The smallest absolute Gasteiger partial charge is 0.303 e. The van der Waals surface area contributed by atoms with Crippen LogP contribution in [-0.2, 0) is 4.79 Å². The summed E-state index contributed by atoms with van der Waals surface area (Å²) >= 11 is 0. The van der Waals surface area contributed by atoms with Gasteiger partial charge in [0.1, 0.15) is 0 Å². The number of aliphatic carboxylic acids is 1. The second-order valence-corrected chi connectivity index (χ2v) is 6.27. The highest BCUT2D eigenvalue weighted by molar-refractivity contribution is 5.66. The lowest BCUT2D eigenvalue weighted by atomic mass is 9.98. The summed E-state index contributed by atoms with van der Waals surface area (Å²) in [5.41, 5.74) is 0. The van der Waals surface area contributed by atoms with Crippen LogP contribution in [0.4, 0.5) is 0 Å². The lowest BCUT2D eigenvalue weighted by Crippen LogP contribution is -2.03. The van der Waals surface area contributed by atoms with Gasteiger partial charge in [-0.05, 0) is 11.8 Å². The molecule has 114 valence electrons. The van der Waals surface area contributed by atoms with E-state index in [-0.39, 0.29) is 0 Å². The summed E-state index contributed by atoms with van der Waals surface area (Å²) in [5.74, 6) is 0.581. The summed E-state index contributed by atoms with van der Waals surface area (Å²) in [7, 11) is 0. The monoisotopic (exact) mass is 270 g/mol. The fraction of sp³-hybridized carbons (Fsp3) is 0.941. The van der Waals surface area contributed by atoms with Gasteiger partial charge >= 0.3 is 5.97 Å². The van der Waals surface area contributed by atoms with E-state index in [4.69, 9.17) is 5.11 Å². The van der Waals surface area contributed by atoms with Crippen molar-refractivity contribution in [2.45, 2.75) is 91.4 Å². The fourth-order valence-electron chi connectivity index (χ4n) is 2.47. The molecule has 0 saturated heterocycles. The van der Waals surface area contributed by atoms with Gasteiger partial charge in [-0.15, -0.1) is 0 Å². The number of hydrogen-bond acceptors (Lipinski definition) is 1. The molecule has 0 saturated carbocycles. The molecule has 0 aliphatic rings. The van der Waals surface area contributed by atoms with Crippen LogP contribution in [0.15, 0.2) is 0 Å². The van der Waals surface area contributed by atoms with Gasteiger partial charge in [0.25, 0.3) is 0 Å². The Balaban J connectivity index is 3.17. The van der Waals surface area contributed by atoms with Crippen LogP contribution in [-0.4, -0.2) is 11.1 Å². The van der Waals surface area contributed by atoms with Crippen LogP contribution in [0.2, 0.25) is 0 Å². The fourth-order valence-corrected chi connectivity index (χ4v) is 2.47. The van der Waals surface area contributed by atoms with E-state index in [0.29, 0.717) is 12.3 Å². The van der Waals surface area contributed by atoms with Crippen molar-refractivity contribution in [2.24, 2.45) is 11.8 Å². The van der Waals surface area contributed by atoms with Gasteiger partial charge in [0.05, 0.1) is 0 Å². The first-order valence-corrected chi connectivity index (χ1v) is 8.28. The Bertz CT molecular complexity index is 213. The third-order valence-corrected chi connectivity index (χ3v) is 4.11. The third kappa shape index (κ3) is 13.7. The summed E-state index contributed by atoms with van der Waals surface area (Å²) in [5, 5.41) is 8.66. The van der Waals surface area contributed by atoms with Crippen molar-refractivity contribution >= 4 is 5.97 Å². The Morgan fingerprint density at radius 1 is 0.842 bits per heavy atom. The molecule has 0 aliphatic carbocycles. The zero-order valence-electron chi connectivity index (χ0n) is 13.3. The molecule has 0 aliphatic heterocycles. The second-order valence-electron chi connectivity index (χ2n) is 6.27. The molecule has 2 unspecified atom stereocenters. The molecule has 19 heavy (non-hydrogen) atoms. The first-order valence-electron chi connectivity index (χ1n) is 8.28. The van der Waals surface area contributed by atoms with Crippen LogP contribution in [0.1, 0.15) is 91.4 Å². The van der Waals surface area contributed by atoms with Gasteiger partial charge in [0.15, 0.2) is 0 Å². The number of carbonyl (C=O) groups is 1. The van der Waals surface area contributed by atoms with E-state index in [2.05, 4.69) is 13.8 Å². The minimum Gasteiger partial charge on any atom is -0.481 e. The van der Waals surface area contributed by atoms with Gasteiger partial charge in [-0.2, -0.15) is 0 Å². The SMILES string of the molecule is CCC(C)CCCCCCCCCC(C)CC(=O)O. The number of hydrogen-bond donors (Lipinski definition) is 1. The Morgan fingerprint density at radius 3 is 1.68 bits per heavy atom. The lowest BCUT2D eigenvalue weighted by Gasteiger charge is -2.08. The largest absolute Gasteiger partial charge is 0.481 e. The number of rotatable bonds is 13. The molecule has 0 amide bonds. The molecule has 0 aromatic carbocycles. The Kier molecular flexibility index (Phi) is 12.2. The highest BCUT2D eigenvalue weighted by atomic mass is 16.4. The van der Waals surface area contributed by atoms with E-state index in [1.54, 1.807) is 0 Å².